The van der Waals surface area contributed by atoms with Gasteiger partial charge >= 0.3 is 11.9 Å². The van der Waals surface area contributed by atoms with Gasteiger partial charge in [-0.25, -0.2) is 9.78 Å². The lowest BCUT2D eigenvalue weighted by Crippen LogP contribution is -2.40. The zero-order valence-electron chi connectivity index (χ0n) is 17.2. The summed E-state index contributed by atoms with van der Waals surface area (Å²) in [5.74, 6) is 0.446. The number of anilines is 1. The Bertz CT molecular complexity index is 1240. The minimum Gasteiger partial charge on any atom is -0.386 e. The number of hydrogen-bond donors (Lipinski definition) is 1. The van der Waals surface area contributed by atoms with Gasteiger partial charge in [-0.15, -0.1) is 11.3 Å². The minimum atomic E-state index is -4.53. The van der Waals surface area contributed by atoms with Crippen molar-refractivity contribution in [3.8, 4) is 0 Å². The second-order valence-corrected chi connectivity index (χ2v) is 8.43. The van der Waals surface area contributed by atoms with Crippen molar-refractivity contribution in [3.05, 3.63) is 68.1 Å². The van der Waals surface area contributed by atoms with Crippen molar-refractivity contribution in [2.75, 3.05) is 18.0 Å². The highest BCUT2D eigenvalue weighted by Gasteiger charge is 2.34. The van der Waals surface area contributed by atoms with Crippen LogP contribution >= 0.6 is 11.3 Å². The molecule has 1 atom stereocenters. The molecule has 0 saturated carbocycles. The first-order valence-electron chi connectivity index (χ1n) is 9.66. The molecule has 0 amide bonds. The molecule has 1 N–H and O–H groups in total. The Balaban J connectivity index is 1.55. The molecule has 0 bridgehead atoms. The topological polar surface area (TPSA) is 97.0 Å². The standard InChI is InChI=1S/C20H19F3N6O2S/c1-11-4-3-5-15(25-11)14-6-7-28(10-16(14)30)18-26-12(2)29(19(31)27-18)9-13-8-24-17(32-13)20(21,22)23/h3-6,8,16,30H,7,9-10H2,1-2H3/t16-/m0/s1. The van der Waals surface area contributed by atoms with Crippen LogP contribution in [0.4, 0.5) is 19.1 Å². The van der Waals surface area contributed by atoms with E-state index in [0.717, 1.165) is 11.9 Å². The summed E-state index contributed by atoms with van der Waals surface area (Å²) >= 11 is 0.475. The van der Waals surface area contributed by atoms with E-state index in [2.05, 4.69) is 19.9 Å². The predicted molar refractivity (Wildman–Crippen MR) is 112 cm³/mol. The molecule has 4 heterocycles. The van der Waals surface area contributed by atoms with E-state index in [1.54, 1.807) is 11.8 Å². The van der Waals surface area contributed by atoms with Crippen LogP contribution in [0.15, 0.2) is 35.3 Å². The van der Waals surface area contributed by atoms with Crippen molar-refractivity contribution < 1.29 is 18.3 Å². The summed E-state index contributed by atoms with van der Waals surface area (Å²) in [5.41, 5.74) is 1.58. The molecule has 0 radical (unpaired) electrons. The maximum Gasteiger partial charge on any atom is 0.443 e. The van der Waals surface area contributed by atoms with Crippen LogP contribution in [0.3, 0.4) is 0 Å². The lowest BCUT2D eigenvalue weighted by Gasteiger charge is -2.30. The Morgan fingerprint density at radius 2 is 2.00 bits per heavy atom. The van der Waals surface area contributed by atoms with Gasteiger partial charge < -0.3 is 10.0 Å². The van der Waals surface area contributed by atoms with Crippen LogP contribution in [0.25, 0.3) is 5.57 Å². The fraction of sp³-hybridized carbons (Fsp3) is 0.350. The highest BCUT2D eigenvalue weighted by Crippen LogP contribution is 2.32. The van der Waals surface area contributed by atoms with Crippen LogP contribution in [0.2, 0.25) is 0 Å². The van der Waals surface area contributed by atoms with E-state index in [9.17, 15) is 23.1 Å². The van der Waals surface area contributed by atoms with Crippen molar-refractivity contribution in [3.63, 3.8) is 0 Å². The maximum atomic E-state index is 12.8. The molecule has 0 saturated heterocycles. The number of aromatic nitrogens is 5. The van der Waals surface area contributed by atoms with Crippen LogP contribution in [0.1, 0.15) is 27.1 Å². The highest BCUT2D eigenvalue weighted by atomic mass is 32.1. The average molecular weight is 464 g/mol. The van der Waals surface area contributed by atoms with Crippen LogP contribution in [0, 0.1) is 13.8 Å². The summed E-state index contributed by atoms with van der Waals surface area (Å²) in [4.78, 5) is 30.6. The Morgan fingerprint density at radius 3 is 2.62 bits per heavy atom. The molecule has 1 aliphatic rings. The largest absolute Gasteiger partial charge is 0.443 e. The van der Waals surface area contributed by atoms with Crippen LogP contribution in [-0.2, 0) is 12.7 Å². The fourth-order valence-electron chi connectivity index (χ4n) is 3.37. The van der Waals surface area contributed by atoms with Crippen molar-refractivity contribution >= 4 is 22.9 Å². The van der Waals surface area contributed by atoms with E-state index in [1.807, 2.05) is 31.2 Å². The molecule has 3 aromatic heterocycles. The van der Waals surface area contributed by atoms with Gasteiger partial charge in [0.1, 0.15) is 5.82 Å². The molecule has 0 fully saturated rings. The number of aryl methyl sites for hydroxylation is 2. The minimum absolute atomic E-state index is 0.107. The van der Waals surface area contributed by atoms with Crippen LogP contribution in [-0.4, -0.2) is 48.8 Å². The monoisotopic (exact) mass is 464 g/mol. The second kappa shape index (κ2) is 8.43. The fourth-order valence-corrected chi connectivity index (χ4v) is 4.14. The highest BCUT2D eigenvalue weighted by molar-refractivity contribution is 7.11. The molecule has 0 aromatic carbocycles. The number of aliphatic hydroxyl groups is 1. The van der Waals surface area contributed by atoms with Gasteiger partial charge in [-0.3, -0.25) is 9.55 Å². The van der Waals surface area contributed by atoms with Crippen LogP contribution in [0.5, 0.6) is 0 Å². The van der Waals surface area contributed by atoms with E-state index < -0.39 is 23.0 Å². The molecule has 4 rings (SSSR count). The normalized spacial score (nSPS) is 16.9. The van der Waals surface area contributed by atoms with Crippen molar-refractivity contribution in [1.29, 1.82) is 0 Å². The van der Waals surface area contributed by atoms with E-state index in [0.29, 0.717) is 35.0 Å². The molecule has 168 valence electrons. The Hall–Kier alpha value is -3.12. The Morgan fingerprint density at radius 1 is 1.22 bits per heavy atom. The third-order valence-electron chi connectivity index (χ3n) is 4.94. The SMILES string of the molecule is Cc1cccc(C2=CCN(c3nc(C)n(Cc4cnc(C(F)(F)F)s4)c(=O)n3)C[C@@H]2O)n1. The van der Waals surface area contributed by atoms with Gasteiger partial charge in [0.05, 0.1) is 24.9 Å². The summed E-state index contributed by atoms with van der Waals surface area (Å²) in [6.07, 6.45) is -2.46. The first-order chi connectivity index (χ1) is 15.1. The zero-order chi connectivity index (χ0) is 23.0. The van der Waals surface area contributed by atoms with Gasteiger partial charge in [0.15, 0.2) is 5.01 Å². The maximum absolute atomic E-state index is 12.8. The number of hydrogen-bond acceptors (Lipinski definition) is 8. The van der Waals surface area contributed by atoms with Gasteiger partial charge in [-0.05, 0) is 26.0 Å². The molecule has 8 nitrogen and oxygen atoms in total. The summed E-state index contributed by atoms with van der Waals surface area (Å²) in [6, 6.07) is 5.56. The number of rotatable bonds is 4. The number of nitrogens with zero attached hydrogens (tertiary/aromatic N) is 6. The number of halogens is 3. The lowest BCUT2D eigenvalue weighted by molar-refractivity contribution is -0.137. The molecular weight excluding hydrogens is 445 g/mol. The lowest BCUT2D eigenvalue weighted by atomic mass is 10.0. The molecule has 12 heteroatoms. The number of β-amino-alcohol motifs (C(OH)–C–C–N with tert-alkyl or cyclic N) is 1. The van der Waals surface area contributed by atoms with E-state index >= 15 is 0 Å². The Labute approximate surface area is 184 Å². The first kappa shape index (κ1) is 22.1. The van der Waals surface area contributed by atoms with Gasteiger partial charge in [-0.2, -0.15) is 23.1 Å². The third-order valence-corrected chi connectivity index (χ3v) is 5.97. The quantitative estimate of drug-likeness (QED) is 0.634. The zero-order valence-corrected chi connectivity index (χ0v) is 18.0. The molecule has 0 spiro atoms. The van der Waals surface area contributed by atoms with E-state index in [4.69, 9.17) is 0 Å². The first-order valence-corrected chi connectivity index (χ1v) is 10.5. The number of aliphatic hydroxyl groups excluding tert-OH is 1. The van der Waals surface area contributed by atoms with E-state index in [1.165, 1.54) is 4.57 Å². The van der Waals surface area contributed by atoms with E-state index in [-0.39, 0.29) is 23.9 Å². The van der Waals surface area contributed by atoms with Crippen molar-refractivity contribution in [2.45, 2.75) is 32.7 Å². The van der Waals surface area contributed by atoms with Gasteiger partial charge in [0.2, 0.25) is 5.95 Å². The van der Waals surface area contributed by atoms with Gasteiger partial charge in [0.25, 0.3) is 0 Å². The molecule has 1 aliphatic heterocycles. The van der Waals surface area contributed by atoms with Crippen molar-refractivity contribution in [2.24, 2.45) is 0 Å². The second-order valence-electron chi connectivity index (χ2n) is 7.31. The van der Waals surface area contributed by atoms with Crippen molar-refractivity contribution in [1.82, 2.24) is 24.5 Å². The average Bonchev–Trinajstić information content (AvgIpc) is 3.20. The molecule has 0 aliphatic carbocycles. The molecule has 0 unspecified atom stereocenters. The summed E-state index contributed by atoms with van der Waals surface area (Å²) in [6.45, 7) is 3.89. The number of pyridine rings is 1. The summed E-state index contributed by atoms with van der Waals surface area (Å²) in [5, 5.41) is 9.65. The summed E-state index contributed by atoms with van der Waals surface area (Å²) < 4.78 is 39.5. The molecule has 3 aromatic rings. The Kier molecular flexibility index (Phi) is 5.82. The van der Waals surface area contributed by atoms with Gasteiger partial charge in [0, 0.05) is 28.9 Å². The smallest absolute Gasteiger partial charge is 0.386 e. The number of thiazole rings is 1. The van der Waals surface area contributed by atoms with Crippen LogP contribution < -0.4 is 10.6 Å². The molecule has 32 heavy (non-hydrogen) atoms. The number of alkyl halides is 3. The van der Waals surface area contributed by atoms with Gasteiger partial charge in [-0.1, -0.05) is 12.1 Å². The molecular formula is C20H19F3N6O2S. The third kappa shape index (κ3) is 4.55. The predicted octanol–water partition coefficient (Wildman–Crippen LogP) is 2.44. The summed E-state index contributed by atoms with van der Waals surface area (Å²) in [7, 11) is 0.